The average molecular weight is 272 g/mol. The van der Waals surface area contributed by atoms with Crippen LogP contribution in [0.5, 0.6) is 0 Å². The molecule has 0 radical (unpaired) electrons. The van der Waals surface area contributed by atoms with E-state index in [-0.39, 0.29) is 0 Å². The molecule has 0 atom stereocenters. The highest BCUT2D eigenvalue weighted by Gasteiger charge is 2.24. The van der Waals surface area contributed by atoms with Gasteiger partial charge in [-0.3, -0.25) is 0 Å². The first-order chi connectivity index (χ1) is 9.61. The van der Waals surface area contributed by atoms with Gasteiger partial charge in [-0.2, -0.15) is 5.10 Å². The Morgan fingerprint density at radius 1 is 1.25 bits per heavy atom. The summed E-state index contributed by atoms with van der Waals surface area (Å²) >= 11 is 0. The number of aryl methyl sites for hydroxylation is 1. The lowest BCUT2D eigenvalue weighted by Gasteiger charge is -2.31. The van der Waals surface area contributed by atoms with Gasteiger partial charge in [0.15, 0.2) is 11.5 Å². The summed E-state index contributed by atoms with van der Waals surface area (Å²) in [7, 11) is 0. The molecule has 4 heteroatoms. The number of pyridine rings is 1. The molecule has 20 heavy (non-hydrogen) atoms. The zero-order valence-corrected chi connectivity index (χ0v) is 12.7. The molecule has 108 valence electrons. The van der Waals surface area contributed by atoms with Crippen LogP contribution in [0.1, 0.15) is 44.0 Å². The Labute approximate surface area is 120 Å². The van der Waals surface area contributed by atoms with E-state index in [9.17, 15) is 0 Å². The van der Waals surface area contributed by atoms with Gasteiger partial charge >= 0.3 is 0 Å². The van der Waals surface area contributed by atoms with Crippen LogP contribution in [0.3, 0.4) is 0 Å². The van der Waals surface area contributed by atoms with Crippen LogP contribution in [-0.4, -0.2) is 39.1 Å². The molecule has 3 rings (SSSR count). The minimum Gasteiger partial charge on any atom is -0.303 e. The first-order valence-electron chi connectivity index (χ1n) is 7.67. The summed E-state index contributed by atoms with van der Waals surface area (Å²) in [6.07, 6.45) is 4.42. The van der Waals surface area contributed by atoms with E-state index >= 15 is 0 Å². The van der Waals surface area contributed by atoms with Gasteiger partial charge in [-0.25, -0.2) is 9.50 Å². The molecule has 1 aliphatic heterocycles. The number of piperidine rings is 1. The number of hydrogen-bond donors (Lipinski definition) is 0. The van der Waals surface area contributed by atoms with Crippen molar-refractivity contribution in [2.24, 2.45) is 5.92 Å². The van der Waals surface area contributed by atoms with E-state index < -0.39 is 0 Å². The van der Waals surface area contributed by atoms with Gasteiger partial charge < -0.3 is 4.90 Å². The number of rotatable bonds is 3. The van der Waals surface area contributed by atoms with Gasteiger partial charge in [0.25, 0.3) is 0 Å². The molecule has 0 bridgehead atoms. The van der Waals surface area contributed by atoms with Crippen molar-refractivity contribution in [3.05, 3.63) is 29.7 Å². The van der Waals surface area contributed by atoms with E-state index in [1.165, 1.54) is 38.0 Å². The summed E-state index contributed by atoms with van der Waals surface area (Å²) in [4.78, 5) is 7.27. The number of aromatic nitrogens is 3. The lowest BCUT2D eigenvalue weighted by atomic mass is 9.95. The van der Waals surface area contributed by atoms with Crippen LogP contribution >= 0.6 is 0 Å². The number of hydrogen-bond acceptors (Lipinski definition) is 3. The fraction of sp³-hybridized carbons (Fsp3) is 0.625. The summed E-state index contributed by atoms with van der Waals surface area (Å²) in [5.74, 6) is 2.31. The Morgan fingerprint density at radius 2 is 2.00 bits per heavy atom. The maximum atomic E-state index is 4.70. The Kier molecular flexibility index (Phi) is 3.74. The van der Waals surface area contributed by atoms with E-state index in [1.54, 1.807) is 0 Å². The molecule has 1 fully saturated rings. The lowest BCUT2D eigenvalue weighted by molar-refractivity contribution is 0.189. The number of nitrogens with zero attached hydrogens (tertiary/aromatic N) is 4. The molecule has 0 spiro atoms. The predicted molar refractivity (Wildman–Crippen MR) is 81.0 cm³/mol. The van der Waals surface area contributed by atoms with Crippen molar-refractivity contribution in [3.63, 3.8) is 0 Å². The fourth-order valence-electron chi connectivity index (χ4n) is 3.07. The molecule has 0 aromatic carbocycles. The molecule has 4 nitrogen and oxygen atoms in total. The van der Waals surface area contributed by atoms with Gasteiger partial charge in [-0.1, -0.05) is 19.9 Å². The third-order valence-electron chi connectivity index (χ3n) is 4.07. The average Bonchev–Trinajstić information content (AvgIpc) is 2.81. The smallest absolute Gasteiger partial charge is 0.155 e. The summed E-state index contributed by atoms with van der Waals surface area (Å²) in [5, 5.41) is 4.67. The molecule has 0 saturated carbocycles. The van der Waals surface area contributed by atoms with Crippen LogP contribution in [0.25, 0.3) is 5.65 Å². The minimum absolute atomic E-state index is 0.526. The second kappa shape index (κ2) is 5.52. The first kappa shape index (κ1) is 13.6. The van der Waals surface area contributed by atoms with E-state index in [0.29, 0.717) is 5.92 Å². The standard InChI is InChI=1S/C16H24N4/c1-12(2)10-19-8-6-14(7-9-19)16-17-15-5-4-13(3)11-20(15)18-16/h4-5,11-12,14H,6-10H2,1-3H3. The van der Waals surface area contributed by atoms with Gasteiger partial charge in [-0.15, -0.1) is 0 Å². The Balaban J connectivity index is 1.70. The highest BCUT2D eigenvalue weighted by atomic mass is 15.3. The second-order valence-electron chi connectivity index (χ2n) is 6.45. The maximum absolute atomic E-state index is 4.70. The quantitative estimate of drug-likeness (QED) is 0.861. The minimum atomic E-state index is 0.526. The summed E-state index contributed by atoms with van der Waals surface area (Å²) < 4.78 is 1.92. The van der Waals surface area contributed by atoms with Crippen molar-refractivity contribution in [1.29, 1.82) is 0 Å². The van der Waals surface area contributed by atoms with E-state index in [4.69, 9.17) is 4.98 Å². The first-order valence-corrected chi connectivity index (χ1v) is 7.67. The van der Waals surface area contributed by atoms with Gasteiger partial charge in [-0.05, 0) is 50.4 Å². The lowest BCUT2D eigenvalue weighted by Crippen LogP contribution is -2.35. The van der Waals surface area contributed by atoms with E-state index in [2.05, 4.69) is 49.1 Å². The summed E-state index contributed by atoms with van der Waals surface area (Å²) in [6, 6.07) is 4.15. The number of fused-ring (bicyclic) bond motifs is 1. The molecule has 1 saturated heterocycles. The van der Waals surface area contributed by atoms with Gasteiger partial charge in [0, 0.05) is 18.7 Å². The van der Waals surface area contributed by atoms with Crippen molar-refractivity contribution in [2.45, 2.75) is 39.5 Å². The van der Waals surface area contributed by atoms with Crippen molar-refractivity contribution in [2.75, 3.05) is 19.6 Å². The van der Waals surface area contributed by atoms with Crippen LogP contribution in [0.4, 0.5) is 0 Å². The Morgan fingerprint density at radius 3 is 2.70 bits per heavy atom. The molecule has 0 amide bonds. The van der Waals surface area contributed by atoms with Crippen LogP contribution in [-0.2, 0) is 0 Å². The molecule has 2 aromatic heterocycles. The zero-order chi connectivity index (χ0) is 14.1. The monoisotopic (exact) mass is 272 g/mol. The largest absolute Gasteiger partial charge is 0.303 e. The van der Waals surface area contributed by atoms with Gasteiger partial charge in [0.1, 0.15) is 0 Å². The molecule has 1 aliphatic rings. The van der Waals surface area contributed by atoms with Crippen LogP contribution < -0.4 is 0 Å². The topological polar surface area (TPSA) is 33.4 Å². The highest BCUT2D eigenvalue weighted by Crippen LogP contribution is 2.26. The molecule has 0 N–H and O–H groups in total. The van der Waals surface area contributed by atoms with Crippen LogP contribution in [0.15, 0.2) is 18.3 Å². The normalized spacial score (nSPS) is 18.2. The molecule has 3 heterocycles. The van der Waals surface area contributed by atoms with Crippen molar-refractivity contribution < 1.29 is 0 Å². The van der Waals surface area contributed by atoms with Gasteiger partial charge in [0.2, 0.25) is 0 Å². The summed E-state index contributed by atoms with van der Waals surface area (Å²) in [6.45, 7) is 10.2. The third kappa shape index (κ3) is 2.85. The summed E-state index contributed by atoms with van der Waals surface area (Å²) in [5.41, 5.74) is 2.19. The SMILES string of the molecule is Cc1ccc2nc(C3CCN(CC(C)C)CC3)nn2c1. The third-order valence-corrected chi connectivity index (χ3v) is 4.07. The molecular formula is C16H24N4. The molecule has 0 aliphatic carbocycles. The van der Waals surface area contributed by atoms with Crippen molar-refractivity contribution >= 4 is 5.65 Å². The molecule has 2 aromatic rings. The van der Waals surface area contributed by atoms with E-state index in [1.807, 2.05) is 4.52 Å². The highest BCUT2D eigenvalue weighted by molar-refractivity contribution is 5.38. The zero-order valence-electron chi connectivity index (χ0n) is 12.7. The van der Waals surface area contributed by atoms with E-state index in [0.717, 1.165) is 17.4 Å². The predicted octanol–water partition coefficient (Wildman–Crippen LogP) is 2.87. The molecule has 0 unspecified atom stereocenters. The number of likely N-dealkylation sites (tertiary alicyclic amines) is 1. The van der Waals surface area contributed by atoms with Crippen molar-refractivity contribution in [1.82, 2.24) is 19.5 Å². The van der Waals surface area contributed by atoms with Crippen LogP contribution in [0.2, 0.25) is 0 Å². The van der Waals surface area contributed by atoms with Crippen molar-refractivity contribution in [3.8, 4) is 0 Å². The second-order valence-corrected chi connectivity index (χ2v) is 6.45. The van der Waals surface area contributed by atoms with Gasteiger partial charge in [0.05, 0.1) is 0 Å². The van der Waals surface area contributed by atoms with Crippen LogP contribution in [0, 0.1) is 12.8 Å². The maximum Gasteiger partial charge on any atom is 0.155 e. The molecular weight excluding hydrogens is 248 g/mol. The Hall–Kier alpha value is -1.42. The Bertz CT molecular complexity index is 579. The fourth-order valence-corrected chi connectivity index (χ4v) is 3.07.